The van der Waals surface area contributed by atoms with E-state index in [-0.39, 0.29) is 17.4 Å². The molecule has 0 atom stereocenters. The zero-order valence-electron chi connectivity index (χ0n) is 12.6. The van der Waals surface area contributed by atoms with Gasteiger partial charge in [0.1, 0.15) is 5.82 Å². The molecule has 0 aliphatic heterocycles. The van der Waals surface area contributed by atoms with E-state index < -0.39 is 5.82 Å². The Morgan fingerprint density at radius 3 is 2.86 bits per heavy atom. The number of carbonyl (C=O) groups excluding carboxylic acids is 1. The highest BCUT2D eigenvalue weighted by Gasteiger charge is 2.13. The lowest BCUT2D eigenvalue weighted by Gasteiger charge is -2.17. The monoisotopic (exact) mass is 324 g/mol. The third kappa shape index (κ3) is 4.20. The van der Waals surface area contributed by atoms with E-state index in [2.05, 4.69) is 15.2 Å². The van der Waals surface area contributed by atoms with Crippen molar-refractivity contribution < 1.29 is 13.9 Å². The van der Waals surface area contributed by atoms with Crippen molar-refractivity contribution in [3.63, 3.8) is 0 Å². The number of halogens is 1. The number of methoxy groups -OCH3 is 1. The van der Waals surface area contributed by atoms with Gasteiger partial charge in [-0.05, 0) is 24.6 Å². The molecule has 2 rings (SSSR count). The van der Waals surface area contributed by atoms with Crippen molar-refractivity contribution >= 4 is 17.7 Å². The fourth-order valence-electron chi connectivity index (χ4n) is 1.79. The number of rotatable bonds is 6. The van der Waals surface area contributed by atoms with Crippen molar-refractivity contribution in [2.45, 2.75) is 18.6 Å². The average molecular weight is 324 g/mol. The number of aromatic nitrogens is 3. The van der Waals surface area contributed by atoms with Crippen LogP contribution < -0.4 is 4.74 Å². The van der Waals surface area contributed by atoms with Gasteiger partial charge >= 0.3 is 0 Å². The van der Waals surface area contributed by atoms with Crippen LogP contribution in [0.25, 0.3) is 0 Å². The number of thioether (sulfide) groups is 1. The topological polar surface area (TPSA) is 71.1 Å². The van der Waals surface area contributed by atoms with E-state index in [1.165, 1.54) is 29.8 Å². The first-order valence-electron chi connectivity index (χ1n) is 6.57. The molecule has 0 radical (unpaired) electrons. The molecule has 0 spiro atoms. The molecule has 6 nitrogen and oxygen atoms in total. The molecule has 1 N–H and O–H groups in total. The van der Waals surface area contributed by atoms with Crippen LogP contribution in [0.1, 0.15) is 11.4 Å². The molecule has 2 aromatic rings. The van der Waals surface area contributed by atoms with Crippen molar-refractivity contribution in [3.05, 3.63) is 35.4 Å². The molecule has 0 aliphatic rings. The first-order chi connectivity index (χ1) is 10.5. The van der Waals surface area contributed by atoms with Gasteiger partial charge in [-0.15, -0.1) is 5.10 Å². The second-order valence-electron chi connectivity index (χ2n) is 4.71. The Morgan fingerprint density at radius 1 is 1.50 bits per heavy atom. The molecule has 118 valence electrons. The number of H-pyrrole nitrogens is 1. The Morgan fingerprint density at radius 2 is 2.27 bits per heavy atom. The summed E-state index contributed by atoms with van der Waals surface area (Å²) in [6.45, 7) is 2.12. The standard InChI is InChI=1S/C14H17FN4O2S/c1-9-16-14(18-17-9)22-8-13(20)19(2)7-10-4-5-12(21-3)11(15)6-10/h4-6H,7-8H2,1-3H3,(H,16,17,18). The molecule has 22 heavy (non-hydrogen) atoms. The van der Waals surface area contributed by atoms with E-state index in [9.17, 15) is 9.18 Å². The Hall–Kier alpha value is -2.09. The zero-order valence-corrected chi connectivity index (χ0v) is 13.4. The third-order valence-corrected chi connectivity index (χ3v) is 3.80. The molecule has 0 bridgehead atoms. The highest BCUT2D eigenvalue weighted by atomic mass is 32.2. The number of nitrogens with one attached hydrogen (secondary N) is 1. The Labute approximate surface area is 132 Å². The molecular formula is C14H17FN4O2S. The molecule has 0 saturated heterocycles. The van der Waals surface area contributed by atoms with Gasteiger partial charge in [-0.3, -0.25) is 9.89 Å². The fourth-order valence-corrected chi connectivity index (χ4v) is 2.58. The number of hydrogen-bond acceptors (Lipinski definition) is 5. The van der Waals surface area contributed by atoms with Gasteiger partial charge < -0.3 is 9.64 Å². The maximum Gasteiger partial charge on any atom is 0.233 e. The SMILES string of the molecule is COc1ccc(CN(C)C(=O)CSc2n[nH]c(C)n2)cc1F. The minimum atomic E-state index is -0.438. The predicted octanol–water partition coefficient (Wildman–Crippen LogP) is 2.01. The van der Waals surface area contributed by atoms with Crippen LogP contribution in [0.4, 0.5) is 4.39 Å². The highest BCUT2D eigenvalue weighted by molar-refractivity contribution is 7.99. The van der Waals surface area contributed by atoms with Gasteiger partial charge in [-0.1, -0.05) is 17.8 Å². The minimum absolute atomic E-state index is 0.0799. The van der Waals surface area contributed by atoms with Crippen LogP contribution in [0.3, 0.4) is 0 Å². The predicted molar refractivity (Wildman–Crippen MR) is 81.3 cm³/mol. The summed E-state index contributed by atoms with van der Waals surface area (Å²) >= 11 is 1.26. The molecule has 1 aromatic heterocycles. The van der Waals surface area contributed by atoms with Gasteiger partial charge in [0, 0.05) is 13.6 Å². The highest BCUT2D eigenvalue weighted by Crippen LogP contribution is 2.19. The van der Waals surface area contributed by atoms with E-state index in [1.807, 2.05) is 0 Å². The smallest absolute Gasteiger partial charge is 0.233 e. The summed E-state index contributed by atoms with van der Waals surface area (Å²) in [4.78, 5) is 17.7. The van der Waals surface area contributed by atoms with Crippen LogP contribution in [0, 0.1) is 12.7 Å². The Bertz CT molecular complexity index is 662. The van der Waals surface area contributed by atoms with E-state index >= 15 is 0 Å². The number of hydrogen-bond donors (Lipinski definition) is 1. The third-order valence-electron chi connectivity index (χ3n) is 2.96. The quantitative estimate of drug-likeness (QED) is 0.823. The molecule has 0 saturated carbocycles. The van der Waals surface area contributed by atoms with Crippen LogP contribution in [-0.4, -0.2) is 45.9 Å². The van der Waals surface area contributed by atoms with E-state index in [1.54, 1.807) is 26.1 Å². The molecular weight excluding hydrogens is 307 g/mol. The molecule has 1 heterocycles. The molecule has 0 unspecified atom stereocenters. The number of aryl methyl sites for hydroxylation is 1. The summed E-state index contributed by atoms with van der Waals surface area (Å²) in [6, 6.07) is 4.65. The summed E-state index contributed by atoms with van der Waals surface area (Å²) in [7, 11) is 3.09. The normalized spacial score (nSPS) is 10.5. The fraction of sp³-hybridized carbons (Fsp3) is 0.357. The number of aromatic amines is 1. The van der Waals surface area contributed by atoms with Crippen LogP contribution in [-0.2, 0) is 11.3 Å². The van der Waals surface area contributed by atoms with E-state index in [0.29, 0.717) is 23.1 Å². The molecule has 1 aromatic carbocycles. The first kappa shape index (κ1) is 16.3. The summed E-state index contributed by atoms with van der Waals surface area (Å²) in [5.74, 6) is 0.604. The number of amides is 1. The number of benzene rings is 1. The van der Waals surface area contributed by atoms with Gasteiger partial charge in [-0.2, -0.15) is 0 Å². The van der Waals surface area contributed by atoms with E-state index in [4.69, 9.17) is 4.74 Å². The van der Waals surface area contributed by atoms with Crippen LogP contribution >= 0.6 is 11.8 Å². The van der Waals surface area contributed by atoms with Crippen LogP contribution in [0.15, 0.2) is 23.4 Å². The first-order valence-corrected chi connectivity index (χ1v) is 7.56. The average Bonchev–Trinajstić information content (AvgIpc) is 2.90. The number of nitrogens with zero attached hydrogens (tertiary/aromatic N) is 3. The lowest BCUT2D eigenvalue weighted by Crippen LogP contribution is -2.27. The van der Waals surface area contributed by atoms with Gasteiger partial charge in [0.25, 0.3) is 0 Å². The van der Waals surface area contributed by atoms with Gasteiger partial charge in [-0.25, -0.2) is 9.37 Å². The lowest BCUT2D eigenvalue weighted by molar-refractivity contribution is -0.127. The largest absolute Gasteiger partial charge is 0.494 e. The second-order valence-corrected chi connectivity index (χ2v) is 5.65. The van der Waals surface area contributed by atoms with Crippen molar-refractivity contribution in [2.75, 3.05) is 19.9 Å². The summed E-state index contributed by atoms with van der Waals surface area (Å²) in [6.07, 6.45) is 0. The summed E-state index contributed by atoms with van der Waals surface area (Å²) in [5.41, 5.74) is 0.702. The number of carbonyl (C=O) groups is 1. The van der Waals surface area contributed by atoms with E-state index in [0.717, 1.165) is 0 Å². The minimum Gasteiger partial charge on any atom is -0.494 e. The zero-order chi connectivity index (χ0) is 16.1. The second kappa shape index (κ2) is 7.26. The molecule has 0 aliphatic carbocycles. The molecule has 1 amide bonds. The van der Waals surface area contributed by atoms with Crippen LogP contribution in [0.2, 0.25) is 0 Å². The number of ether oxygens (including phenoxy) is 1. The molecule has 8 heteroatoms. The lowest BCUT2D eigenvalue weighted by atomic mass is 10.2. The Balaban J connectivity index is 1.89. The van der Waals surface area contributed by atoms with Gasteiger partial charge in [0.15, 0.2) is 11.6 Å². The van der Waals surface area contributed by atoms with Crippen molar-refractivity contribution in [2.24, 2.45) is 0 Å². The Kier molecular flexibility index (Phi) is 5.37. The molecule has 0 fully saturated rings. The van der Waals surface area contributed by atoms with Gasteiger partial charge in [0.2, 0.25) is 11.1 Å². The summed E-state index contributed by atoms with van der Waals surface area (Å²) in [5, 5.41) is 7.21. The summed E-state index contributed by atoms with van der Waals surface area (Å²) < 4.78 is 18.5. The van der Waals surface area contributed by atoms with Gasteiger partial charge in [0.05, 0.1) is 12.9 Å². The van der Waals surface area contributed by atoms with Crippen molar-refractivity contribution in [3.8, 4) is 5.75 Å². The van der Waals surface area contributed by atoms with Crippen molar-refractivity contribution in [1.82, 2.24) is 20.1 Å². The van der Waals surface area contributed by atoms with Crippen LogP contribution in [0.5, 0.6) is 5.75 Å². The maximum absolute atomic E-state index is 13.6. The maximum atomic E-state index is 13.6. The van der Waals surface area contributed by atoms with Crippen molar-refractivity contribution in [1.29, 1.82) is 0 Å².